The molecule has 0 spiro atoms. The molecular formula is C28H33ClN6O3S. The van der Waals surface area contributed by atoms with E-state index in [0.717, 1.165) is 21.7 Å². The second kappa shape index (κ2) is 11.8. The predicted octanol–water partition coefficient (Wildman–Crippen LogP) is 4.57. The van der Waals surface area contributed by atoms with Crippen molar-refractivity contribution in [3.63, 3.8) is 0 Å². The van der Waals surface area contributed by atoms with E-state index < -0.39 is 23.4 Å². The molecule has 0 bridgehead atoms. The minimum Gasteiger partial charge on any atom is -0.348 e. The number of nitrogens with one attached hydrogen (secondary N) is 2. The molecule has 2 aromatic heterocycles. The second-order valence-corrected chi connectivity index (χ2v) is 12.0. The number of benzene rings is 1. The van der Waals surface area contributed by atoms with Crippen molar-refractivity contribution >= 4 is 40.7 Å². The number of carbonyl (C=O) groups excluding carboxylic acids is 3. The Morgan fingerprint density at radius 2 is 1.79 bits per heavy atom. The van der Waals surface area contributed by atoms with Gasteiger partial charge >= 0.3 is 0 Å². The molecule has 1 aromatic carbocycles. The van der Waals surface area contributed by atoms with Gasteiger partial charge in [0.25, 0.3) is 5.91 Å². The van der Waals surface area contributed by atoms with E-state index in [2.05, 4.69) is 25.6 Å². The third kappa shape index (κ3) is 6.62. The minimum absolute atomic E-state index is 0.0579. The number of halogens is 1. The minimum atomic E-state index is -0.865. The number of aryl methyl sites for hydroxylation is 1. The van der Waals surface area contributed by atoms with Crippen LogP contribution in [-0.4, -0.2) is 56.2 Å². The third-order valence-electron chi connectivity index (χ3n) is 6.86. The molecule has 39 heavy (non-hydrogen) atoms. The van der Waals surface area contributed by atoms with Crippen LogP contribution < -0.4 is 10.6 Å². The van der Waals surface area contributed by atoms with E-state index in [1.807, 2.05) is 64.4 Å². The molecule has 4 rings (SSSR count). The first kappa shape index (κ1) is 28.6. The Hall–Kier alpha value is -3.37. The van der Waals surface area contributed by atoms with Gasteiger partial charge in [0, 0.05) is 6.54 Å². The zero-order chi connectivity index (χ0) is 28.3. The van der Waals surface area contributed by atoms with Crippen molar-refractivity contribution in [1.29, 1.82) is 0 Å². The van der Waals surface area contributed by atoms with E-state index in [1.54, 1.807) is 16.2 Å². The molecular weight excluding hydrogens is 536 g/mol. The molecule has 0 aliphatic carbocycles. The van der Waals surface area contributed by atoms with Crippen molar-refractivity contribution in [2.24, 2.45) is 5.41 Å². The third-order valence-corrected chi connectivity index (χ3v) is 8.03. The standard InChI is InChI=1S/C28H33ClN6O3S/c1-16(18-8-10-19(11-9-18)23-17(2)32-15-39-23)33-26(37)21-7-6-12-35(21)27(38)24(28(3,4)5)34-25(36)20-13-31-22(29)14-30-20/h8-11,13-16,21,24H,6-7,12H2,1-5H3,(H,33,37)(H,34,36)/t16-,21-,24?/m0/s1. The van der Waals surface area contributed by atoms with Crippen molar-refractivity contribution in [2.45, 2.75) is 65.6 Å². The molecule has 9 nitrogen and oxygen atoms in total. The number of likely N-dealkylation sites (tertiary alicyclic amines) is 1. The zero-order valence-corrected chi connectivity index (χ0v) is 24.3. The number of amides is 3. The van der Waals surface area contributed by atoms with Crippen LogP contribution >= 0.6 is 22.9 Å². The number of nitrogens with zero attached hydrogens (tertiary/aromatic N) is 4. The van der Waals surface area contributed by atoms with E-state index in [0.29, 0.717) is 19.4 Å². The SMILES string of the molecule is Cc1ncsc1-c1ccc([C@H](C)NC(=O)[C@@H]2CCCN2C(=O)C(NC(=O)c2cnc(Cl)cn2)C(C)(C)C)cc1. The summed E-state index contributed by atoms with van der Waals surface area (Å²) in [7, 11) is 0. The second-order valence-electron chi connectivity index (χ2n) is 10.8. The monoisotopic (exact) mass is 568 g/mol. The average molecular weight is 569 g/mol. The number of thiazole rings is 1. The summed E-state index contributed by atoms with van der Waals surface area (Å²) in [6.07, 6.45) is 3.80. The molecule has 1 unspecified atom stereocenters. The molecule has 1 aliphatic rings. The molecule has 3 atom stereocenters. The van der Waals surface area contributed by atoms with Crippen LogP contribution in [-0.2, 0) is 9.59 Å². The van der Waals surface area contributed by atoms with Crippen molar-refractivity contribution in [3.8, 4) is 10.4 Å². The zero-order valence-electron chi connectivity index (χ0n) is 22.7. The lowest BCUT2D eigenvalue weighted by molar-refractivity contribution is -0.142. The fourth-order valence-corrected chi connectivity index (χ4v) is 5.56. The fraction of sp³-hybridized carbons (Fsp3) is 0.429. The number of hydrogen-bond acceptors (Lipinski definition) is 7. The van der Waals surface area contributed by atoms with Crippen LogP contribution in [0.5, 0.6) is 0 Å². The van der Waals surface area contributed by atoms with Crippen LogP contribution in [0.3, 0.4) is 0 Å². The van der Waals surface area contributed by atoms with Crippen LogP contribution in [0.4, 0.5) is 0 Å². The van der Waals surface area contributed by atoms with E-state index >= 15 is 0 Å². The van der Waals surface area contributed by atoms with Crippen LogP contribution in [0.2, 0.25) is 5.15 Å². The summed E-state index contributed by atoms with van der Waals surface area (Å²) in [5.41, 5.74) is 4.33. The van der Waals surface area contributed by atoms with Crippen molar-refractivity contribution in [1.82, 2.24) is 30.5 Å². The summed E-state index contributed by atoms with van der Waals surface area (Å²) < 4.78 is 0. The fourth-order valence-electron chi connectivity index (χ4n) is 4.65. The van der Waals surface area contributed by atoms with Gasteiger partial charge in [-0.25, -0.2) is 15.0 Å². The Morgan fingerprint density at radius 3 is 2.38 bits per heavy atom. The van der Waals surface area contributed by atoms with Crippen LogP contribution in [0.15, 0.2) is 42.2 Å². The predicted molar refractivity (Wildman–Crippen MR) is 151 cm³/mol. The van der Waals surface area contributed by atoms with Gasteiger partial charge < -0.3 is 15.5 Å². The van der Waals surface area contributed by atoms with Crippen LogP contribution in [0, 0.1) is 12.3 Å². The Labute approximate surface area is 237 Å². The largest absolute Gasteiger partial charge is 0.348 e. The van der Waals surface area contributed by atoms with Crippen LogP contribution in [0.25, 0.3) is 10.4 Å². The number of carbonyl (C=O) groups is 3. The molecule has 1 fully saturated rings. The molecule has 1 aliphatic heterocycles. The maximum Gasteiger partial charge on any atom is 0.272 e. The number of aromatic nitrogens is 3. The smallest absolute Gasteiger partial charge is 0.272 e. The average Bonchev–Trinajstić information content (AvgIpc) is 3.56. The summed E-state index contributed by atoms with van der Waals surface area (Å²) in [4.78, 5) is 54.9. The quantitative estimate of drug-likeness (QED) is 0.431. The molecule has 3 aromatic rings. The van der Waals surface area contributed by atoms with Crippen molar-refractivity contribution in [2.75, 3.05) is 6.54 Å². The Balaban J connectivity index is 1.44. The van der Waals surface area contributed by atoms with Gasteiger partial charge in [0.1, 0.15) is 22.9 Å². The Morgan fingerprint density at radius 1 is 1.08 bits per heavy atom. The molecule has 3 amide bonds. The van der Waals surface area contributed by atoms with Gasteiger partial charge in [-0.1, -0.05) is 56.6 Å². The molecule has 2 N–H and O–H groups in total. The molecule has 0 radical (unpaired) electrons. The van der Waals surface area contributed by atoms with Gasteiger partial charge in [-0.05, 0) is 43.2 Å². The molecule has 0 saturated carbocycles. The van der Waals surface area contributed by atoms with E-state index in [1.165, 1.54) is 12.4 Å². The highest BCUT2D eigenvalue weighted by molar-refractivity contribution is 7.13. The van der Waals surface area contributed by atoms with Crippen LogP contribution in [0.1, 0.15) is 68.3 Å². The highest BCUT2D eigenvalue weighted by Gasteiger charge is 2.42. The van der Waals surface area contributed by atoms with Gasteiger partial charge in [-0.2, -0.15) is 0 Å². The summed E-state index contributed by atoms with van der Waals surface area (Å²) in [6, 6.07) is 6.35. The normalized spacial score (nSPS) is 17.0. The van der Waals surface area contributed by atoms with E-state index in [4.69, 9.17) is 11.6 Å². The van der Waals surface area contributed by atoms with Crippen molar-refractivity contribution < 1.29 is 14.4 Å². The van der Waals surface area contributed by atoms with E-state index in [-0.39, 0.29) is 28.7 Å². The van der Waals surface area contributed by atoms with Gasteiger partial charge in [0.15, 0.2) is 0 Å². The Kier molecular flexibility index (Phi) is 8.66. The summed E-state index contributed by atoms with van der Waals surface area (Å²) >= 11 is 7.38. The first-order chi connectivity index (χ1) is 18.5. The molecule has 11 heteroatoms. The van der Waals surface area contributed by atoms with Gasteiger partial charge in [-0.3, -0.25) is 14.4 Å². The molecule has 206 valence electrons. The Bertz CT molecular complexity index is 1340. The lowest BCUT2D eigenvalue weighted by Gasteiger charge is -2.35. The summed E-state index contributed by atoms with van der Waals surface area (Å²) in [5.74, 6) is -1.04. The number of hydrogen-bond donors (Lipinski definition) is 2. The van der Waals surface area contributed by atoms with Crippen molar-refractivity contribution in [3.05, 3.63) is 64.3 Å². The van der Waals surface area contributed by atoms with Gasteiger partial charge in [0.2, 0.25) is 11.8 Å². The lowest BCUT2D eigenvalue weighted by atomic mass is 9.85. The first-order valence-corrected chi connectivity index (χ1v) is 14.1. The maximum absolute atomic E-state index is 13.7. The summed E-state index contributed by atoms with van der Waals surface area (Å²) in [5, 5.41) is 6.05. The van der Waals surface area contributed by atoms with Gasteiger partial charge in [-0.15, -0.1) is 11.3 Å². The van der Waals surface area contributed by atoms with E-state index in [9.17, 15) is 14.4 Å². The highest BCUT2D eigenvalue weighted by atomic mass is 35.5. The van der Waals surface area contributed by atoms with Gasteiger partial charge in [0.05, 0.1) is 34.5 Å². The topological polar surface area (TPSA) is 117 Å². The lowest BCUT2D eigenvalue weighted by Crippen LogP contribution is -2.57. The maximum atomic E-state index is 13.7. The highest BCUT2D eigenvalue weighted by Crippen LogP contribution is 2.29. The molecule has 3 heterocycles. The molecule has 1 saturated heterocycles. The summed E-state index contributed by atoms with van der Waals surface area (Å²) in [6.45, 7) is 9.96. The number of rotatable bonds is 7. The first-order valence-electron chi connectivity index (χ1n) is 12.9.